The molecule has 0 saturated heterocycles. The second-order valence-corrected chi connectivity index (χ2v) is 23.5. The molecule has 10 unspecified atom stereocenters. The number of hydrogen-bond donors (Lipinski definition) is 1. The van der Waals surface area contributed by atoms with Gasteiger partial charge in [-0.15, -0.1) is 0 Å². The van der Waals surface area contributed by atoms with Gasteiger partial charge in [-0.1, -0.05) is 223 Å². The van der Waals surface area contributed by atoms with Crippen molar-refractivity contribution in [3.05, 3.63) is 0 Å². The van der Waals surface area contributed by atoms with Gasteiger partial charge in [0.05, 0.1) is 27.7 Å². The molecule has 0 aromatic heterocycles. The highest BCUT2D eigenvalue weighted by Gasteiger charge is 2.28. The average molecular weight is 959 g/mol. The van der Waals surface area contributed by atoms with Gasteiger partial charge in [0.1, 0.15) is 19.8 Å². The van der Waals surface area contributed by atoms with Crippen LogP contribution in [-0.4, -0.2) is 74.9 Å². The predicted octanol–water partition coefficient (Wildman–Crippen LogP) is 16.3. The monoisotopic (exact) mass is 959 g/mol. The maximum atomic E-state index is 13.4. The minimum Gasteiger partial charge on any atom is -0.462 e. The number of quaternary nitrogens is 1. The first-order chi connectivity index (χ1) is 31.4. The van der Waals surface area contributed by atoms with Gasteiger partial charge >= 0.3 is 19.8 Å². The first-order valence-electron chi connectivity index (χ1n) is 28.1. The van der Waals surface area contributed by atoms with Crippen LogP contribution in [0.5, 0.6) is 0 Å². The third-order valence-corrected chi connectivity index (χ3v) is 16.4. The number of rotatable bonds is 46. The quantitative estimate of drug-likeness (QED) is 0.0365. The zero-order valence-electron chi connectivity index (χ0n) is 46.0. The van der Waals surface area contributed by atoms with Crippen LogP contribution in [0, 0.1) is 47.3 Å². The summed E-state index contributed by atoms with van der Waals surface area (Å²) in [7, 11) is 1.47. The first kappa shape index (κ1) is 65.0. The molecule has 394 valence electrons. The lowest BCUT2D eigenvalue weighted by Gasteiger charge is -2.24. The molecule has 0 saturated carbocycles. The fourth-order valence-electron chi connectivity index (χ4n) is 9.52. The van der Waals surface area contributed by atoms with Gasteiger partial charge in [-0.3, -0.25) is 18.6 Å². The molecule has 66 heavy (non-hydrogen) atoms. The van der Waals surface area contributed by atoms with Crippen molar-refractivity contribution in [2.75, 3.05) is 47.5 Å². The summed E-state index contributed by atoms with van der Waals surface area (Å²) in [6.07, 6.45) is 31.3. The molecule has 10 atom stereocenters. The summed E-state index contributed by atoms with van der Waals surface area (Å²) in [5.74, 6) is 4.46. The Bertz CT molecular complexity index is 1210. The normalized spacial score (nSPS) is 17.2. The Morgan fingerprint density at radius 3 is 1.14 bits per heavy atom. The molecule has 0 amide bonds. The fraction of sp³-hybridized carbons (Fsp3) is 0.964. The Morgan fingerprint density at radius 1 is 0.470 bits per heavy atom. The molecule has 0 spiro atoms. The van der Waals surface area contributed by atoms with Crippen molar-refractivity contribution in [3.63, 3.8) is 0 Å². The lowest BCUT2D eigenvalue weighted by molar-refractivity contribution is -0.870. The molecule has 0 heterocycles. The van der Waals surface area contributed by atoms with Crippen LogP contribution in [0.2, 0.25) is 0 Å². The van der Waals surface area contributed by atoms with E-state index in [1.807, 2.05) is 21.1 Å². The van der Waals surface area contributed by atoms with E-state index in [0.717, 1.165) is 68.1 Å². The second-order valence-electron chi connectivity index (χ2n) is 22.1. The van der Waals surface area contributed by atoms with Crippen LogP contribution in [0.25, 0.3) is 0 Å². The molecule has 0 aromatic carbocycles. The molecule has 0 aliphatic rings. The zero-order valence-corrected chi connectivity index (χ0v) is 46.9. The molecule has 9 nitrogen and oxygen atoms in total. The third-order valence-electron chi connectivity index (χ3n) is 15.5. The number of carbonyl (C=O) groups excluding carboxylic acids is 2. The Morgan fingerprint density at radius 2 is 0.803 bits per heavy atom. The highest BCUT2D eigenvalue weighted by atomic mass is 31.2. The van der Waals surface area contributed by atoms with Gasteiger partial charge in [0.2, 0.25) is 0 Å². The Balaban J connectivity index is 5.22. The summed E-state index contributed by atoms with van der Waals surface area (Å²) in [6.45, 7) is 22.8. The van der Waals surface area contributed by atoms with Gasteiger partial charge in [-0.25, -0.2) is 4.57 Å². The van der Waals surface area contributed by atoms with Crippen molar-refractivity contribution in [3.8, 4) is 0 Å². The Hall–Kier alpha value is -0.990. The van der Waals surface area contributed by atoms with Crippen molar-refractivity contribution < 1.29 is 42.1 Å². The summed E-state index contributed by atoms with van der Waals surface area (Å²) in [5, 5.41) is 0. The number of phosphoric ester groups is 1. The fourth-order valence-corrected chi connectivity index (χ4v) is 10.3. The summed E-state index contributed by atoms with van der Waals surface area (Å²) in [4.78, 5) is 37.1. The van der Waals surface area contributed by atoms with Gasteiger partial charge in [-0.2, -0.15) is 0 Å². The Kier molecular flexibility index (Phi) is 39.1. The van der Waals surface area contributed by atoms with Gasteiger partial charge in [0.15, 0.2) is 6.10 Å². The van der Waals surface area contributed by atoms with E-state index in [4.69, 9.17) is 18.5 Å². The molecule has 0 aliphatic carbocycles. The maximum absolute atomic E-state index is 13.4. The molecule has 1 N–H and O–H groups in total. The van der Waals surface area contributed by atoms with E-state index in [9.17, 15) is 19.0 Å². The molecule has 10 heteroatoms. The van der Waals surface area contributed by atoms with Crippen molar-refractivity contribution >= 4 is 19.8 Å². The molecular formula is C56H113NO8P+. The molecule has 0 rings (SSSR count). The largest absolute Gasteiger partial charge is 0.472 e. The molecule has 0 fully saturated rings. The number of esters is 2. The van der Waals surface area contributed by atoms with Gasteiger partial charge < -0.3 is 18.9 Å². The predicted molar refractivity (Wildman–Crippen MR) is 279 cm³/mol. The lowest BCUT2D eigenvalue weighted by atomic mass is 9.86. The number of phosphoric acid groups is 1. The first-order valence-corrected chi connectivity index (χ1v) is 29.6. The SMILES string of the molecule is CCC(C)CCCC(CC)CCCC(CC)CCCC(CC)CC(=O)OCC(COP(=O)(O)OCC[N+](C)(C)C)OC(=O)CC(CC)CCCC(CC)CCCC(CC)CCCC(C)CC. The topological polar surface area (TPSA) is 108 Å². The van der Waals surface area contributed by atoms with E-state index in [1.54, 1.807) is 0 Å². The van der Waals surface area contributed by atoms with Crippen molar-refractivity contribution in [1.29, 1.82) is 0 Å². The number of ether oxygens (including phenoxy) is 2. The highest BCUT2D eigenvalue weighted by molar-refractivity contribution is 7.47. The smallest absolute Gasteiger partial charge is 0.462 e. The van der Waals surface area contributed by atoms with Crippen LogP contribution in [0.1, 0.15) is 249 Å². The van der Waals surface area contributed by atoms with Crippen molar-refractivity contribution in [2.24, 2.45) is 47.3 Å². The molecule has 0 aliphatic heterocycles. The van der Waals surface area contributed by atoms with Crippen LogP contribution < -0.4 is 0 Å². The van der Waals surface area contributed by atoms with Crippen LogP contribution in [-0.2, 0) is 32.7 Å². The van der Waals surface area contributed by atoms with Crippen LogP contribution in [0.15, 0.2) is 0 Å². The standard InChI is InChI=1S/C56H112NO8P/c1-14-46(9)28-22-30-48(16-3)32-24-34-50(18-5)36-26-38-52(20-7)42-55(58)62-44-54(45-64-66(60,61)63-41-40-57(11,12)13)65-56(59)43-53(21-8)39-27-37-51(19-6)35-25-33-49(17-4)31-23-29-47(10)15-2/h46-54H,14-45H2,1-13H3/p+1. The minimum atomic E-state index is -4.43. The Labute approximate surface area is 410 Å². The van der Waals surface area contributed by atoms with Gasteiger partial charge in [0.25, 0.3) is 0 Å². The summed E-state index contributed by atoms with van der Waals surface area (Å²) >= 11 is 0. The number of hydrogen-bond acceptors (Lipinski definition) is 7. The maximum Gasteiger partial charge on any atom is 0.472 e. The van der Waals surface area contributed by atoms with E-state index < -0.39 is 26.5 Å². The van der Waals surface area contributed by atoms with E-state index in [-0.39, 0.29) is 37.4 Å². The molecule has 0 aromatic rings. The number of carbonyl (C=O) groups is 2. The number of likely N-dealkylation sites (N-methyl/N-ethyl adjacent to an activating group) is 1. The molecular weight excluding hydrogens is 846 g/mol. The number of nitrogens with zero attached hydrogens (tertiary/aromatic N) is 1. The average Bonchev–Trinajstić information content (AvgIpc) is 3.28. The highest BCUT2D eigenvalue weighted by Crippen LogP contribution is 2.43. The van der Waals surface area contributed by atoms with E-state index in [0.29, 0.717) is 23.4 Å². The minimum absolute atomic E-state index is 0.0287. The second kappa shape index (κ2) is 39.7. The zero-order chi connectivity index (χ0) is 49.8. The lowest BCUT2D eigenvalue weighted by Crippen LogP contribution is -2.37. The van der Waals surface area contributed by atoms with Crippen molar-refractivity contribution in [2.45, 2.75) is 255 Å². The van der Waals surface area contributed by atoms with Crippen LogP contribution >= 0.6 is 7.82 Å². The van der Waals surface area contributed by atoms with Crippen LogP contribution in [0.3, 0.4) is 0 Å². The summed E-state index contributed by atoms with van der Waals surface area (Å²) in [5.41, 5.74) is 0. The van der Waals surface area contributed by atoms with E-state index in [1.165, 1.54) is 128 Å². The van der Waals surface area contributed by atoms with Gasteiger partial charge in [-0.05, 0) is 60.2 Å². The van der Waals surface area contributed by atoms with Gasteiger partial charge in [0, 0.05) is 12.8 Å². The van der Waals surface area contributed by atoms with Crippen molar-refractivity contribution in [1.82, 2.24) is 0 Å². The van der Waals surface area contributed by atoms with Crippen LogP contribution in [0.4, 0.5) is 0 Å². The third kappa shape index (κ3) is 36.0. The summed E-state index contributed by atoms with van der Waals surface area (Å²) < 4.78 is 35.5. The van der Waals surface area contributed by atoms with E-state index >= 15 is 0 Å². The molecule has 0 radical (unpaired) electrons. The molecule has 0 bridgehead atoms. The summed E-state index contributed by atoms with van der Waals surface area (Å²) in [6, 6.07) is 0. The van der Waals surface area contributed by atoms with E-state index in [2.05, 4.69) is 69.2 Å².